The molecule has 0 aliphatic heterocycles. The second-order valence-corrected chi connectivity index (χ2v) is 6.06. The van der Waals surface area contributed by atoms with Gasteiger partial charge in [-0.25, -0.2) is 4.79 Å². The summed E-state index contributed by atoms with van der Waals surface area (Å²) in [6.45, 7) is 17.3. The first-order chi connectivity index (χ1) is 9.07. The van der Waals surface area contributed by atoms with Crippen LogP contribution in [0.5, 0.6) is 0 Å². The molecule has 114 valence electrons. The van der Waals surface area contributed by atoms with Gasteiger partial charge in [-0.15, -0.1) is 0 Å². The van der Waals surface area contributed by atoms with Crippen molar-refractivity contribution in [1.82, 2.24) is 15.1 Å². The number of allylic oxidation sites excluding steroid dienone is 3. The van der Waals surface area contributed by atoms with E-state index < -0.39 is 0 Å². The molecule has 0 fully saturated rings. The van der Waals surface area contributed by atoms with Crippen LogP contribution in [0, 0.1) is 0 Å². The zero-order valence-electron chi connectivity index (χ0n) is 13.8. The monoisotopic (exact) mass is 279 g/mol. The molecule has 20 heavy (non-hydrogen) atoms. The molecule has 0 bridgehead atoms. The van der Waals surface area contributed by atoms with Gasteiger partial charge in [0.1, 0.15) is 0 Å². The van der Waals surface area contributed by atoms with Crippen LogP contribution in [0.1, 0.15) is 27.7 Å². The summed E-state index contributed by atoms with van der Waals surface area (Å²) in [5, 5.41) is 2.76. The van der Waals surface area contributed by atoms with Crippen LogP contribution in [0.25, 0.3) is 0 Å². The highest BCUT2D eigenvalue weighted by Crippen LogP contribution is 2.09. The Bertz CT molecular complexity index is 391. The van der Waals surface area contributed by atoms with Gasteiger partial charge < -0.3 is 10.2 Å². The number of hydrogen-bond donors (Lipinski definition) is 1. The van der Waals surface area contributed by atoms with Crippen molar-refractivity contribution in [2.24, 2.45) is 0 Å². The van der Waals surface area contributed by atoms with Gasteiger partial charge in [0.2, 0.25) is 0 Å². The molecule has 0 atom stereocenters. The maximum Gasteiger partial charge on any atom is 0.321 e. The summed E-state index contributed by atoms with van der Waals surface area (Å²) in [4.78, 5) is 15.8. The maximum atomic E-state index is 12.0. The smallest absolute Gasteiger partial charge is 0.321 e. The zero-order chi connectivity index (χ0) is 15.9. The average molecular weight is 279 g/mol. The predicted molar refractivity (Wildman–Crippen MR) is 86.6 cm³/mol. The lowest BCUT2D eigenvalue weighted by Crippen LogP contribution is -2.45. The Balaban J connectivity index is 4.30. The van der Waals surface area contributed by atoms with E-state index in [1.165, 1.54) is 0 Å². The Labute approximate surface area is 123 Å². The molecule has 0 saturated heterocycles. The van der Waals surface area contributed by atoms with E-state index in [9.17, 15) is 4.79 Å². The molecule has 2 amide bonds. The highest BCUT2D eigenvalue weighted by molar-refractivity contribution is 5.76. The standard InChI is InChI=1S/C16H29N3O/c1-9-13(2)12-14(3)17-15(20)18(7)10-11-19(8)16(4,5)6/h9,12H,1,3,10-11H2,2,4-8H3,(H,17,20)/b13-12-. The van der Waals surface area contributed by atoms with Crippen LogP contribution in [0.2, 0.25) is 0 Å². The highest BCUT2D eigenvalue weighted by atomic mass is 16.2. The Morgan fingerprint density at radius 3 is 2.25 bits per heavy atom. The summed E-state index contributed by atoms with van der Waals surface area (Å²) < 4.78 is 0. The molecule has 0 aromatic carbocycles. The van der Waals surface area contributed by atoms with Gasteiger partial charge in [-0.3, -0.25) is 4.90 Å². The van der Waals surface area contributed by atoms with E-state index in [0.717, 1.165) is 12.1 Å². The fraction of sp³-hybridized carbons (Fsp3) is 0.562. The van der Waals surface area contributed by atoms with E-state index in [2.05, 4.69) is 51.2 Å². The minimum absolute atomic E-state index is 0.102. The number of amides is 2. The number of urea groups is 1. The highest BCUT2D eigenvalue weighted by Gasteiger charge is 2.18. The van der Waals surface area contributed by atoms with Crippen molar-refractivity contribution in [3.63, 3.8) is 0 Å². The molecule has 0 aliphatic rings. The number of nitrogens with zero attached hydrogens (tertiary/aromatic N) is 2. The Morgan fingerprint density at radius 1 is 1.25 bits per heavy atom. The van der Waals surface area contributed by atoms with Crippen molar-refractivity contribution in [2.45, 2.75) is 33.2 Å². The number of carbonyl (C=O) groups is 1. The van der Waals surface area contributed by atoms with E-state index in [1.54, 1.807) is 24.1 Å². The molecule has 0 aromatic heterocycles. The summed E-state index contributed by atoms with van der Waals surface area (Å²) in [6, 6.07) is -0.148. The lowest BCUT2D eigenvalue weighted by atomic mass is 10.1. The molecule has 0 aliphatic carbocycles. The molecule has 0 rings (SSSR count). The normalized spacial score (nSPS) is 12.2. The second kappa shape index (κ2) is 7.90. The minimum Gasteiger partial charge on any atom is -0.326 e. The third-order valence-corrected chi connectivity index (χ3v) is 3.25. The minimum atomic E-state index is -0.148. The van der Waals surface area contributed by atoms with Crippen LogP contribution in [0.15, 0.2) is 36.6 Å². The van der Waals surface area contributed by atoms with Crippen LogP contribution in [0.3, 0.4) is 0 Å². The number of carbonyl (C=O) groups excluding carboxylic acids is 1. The molecule has 0 radical (unpaired) electrons. The second-order valence-electron chi connectivity index (χ2n) is 6.06. The average Bonchev–Trinajstić information content (AvgIpc) is 2.33. The number of rotatable bonds is 6. The lowest BCUT2D eigenvalue weighted by Gasteiger charge is -2.33. The predicted octanol–water partition coefficient (Wildman–Crippen LogP) is 3.00. The van der Waals surface area contributed by atoms with Crippen LogP contribution in [0.4, 0.5) is 4.79 Å². The Morgan fingerprint density at radius 2 is 1.80 bits per heavy atom. The SMILES string of the molecule is C=C/C(C)=C\C(=C)NC(=O)N(C)CCN(C)C(C)(C)C. The van der Waals surface area contributed by atoms with Gasteiger partial charge in [-0.1, -0.05) is 19.2 Å². The Hall–Kier alpha value is -1.55. The molecule has 4 nitrogen and oxygen atoms in total. The fourth-order valence-corrected chi connectivity index (χ4v) is 1.34. The summed E-state index contributed by atoms with van der Waals surface area (Å²) in [7, 11) is 3.84. The quantitative estimate of drug-likeness (QED) is 0.759. The number of hydrogen-bond acceptors (Lipinski definition) is 2. The van der Waals surface area contributed by atoms with Gasteiger partial charge in [-0.2, -0.15) is 0 Å². The summed E-state index contributed by atoms with van der Waals surface area (Å²) in [5.74, 6) is 0. The van der Waals surface area contributed by atoms with Crippen LogP contribution in [-0.2, 0) is 0 Å². The molecule has 1 N–H and O–H groups in total. The topological polar surface area (TPSA) is 35.6 Å². The molecule has 0 unspecified atom stereocenters. The van der Waals surface area contributed by atoms with E-state index in [4.69, 9.17) is 0 Å². The van der Waals surface area contributed by atoms with Crippen molar-refractivity contribution in [3.05, 3.63) is 36.6 Å². The van der Waals surface area contributed by atoms with Gasteiger partial charge in [0, 0.05) is 31.4 Å². The number of likely N-dealkylation sites (N-methyl/N-ethyl adjacent to an activating group) is 2. The van der Waals surface area contributed by atoms with Crippen molar-refractivity contribution in [3.8, 4) is 0 Å². The first kappa shape index (κ1) is 18.4. The van der Waals surface area contributed by atoms with Gasteiger partial charge >= 0.3 is 6.03 Å². The molecule has 0 saturated carbocycles. The van der Waals surface area contributed by atoms with Gasteiger partial charge in [0.15, 0.2) is 0 Å². The largest absolute Gasteiger partial charge is 0.326 e. The summed E-state index contributed by atoms with van der Waals surface area (Å²) in [5.41, 5.74) is 1.64. The van der Waals surface area contributed by atoms with Crippen molar-refractivity contribution in [2.75, 3.05) is 27.2 Å². The molecule has 0 spiro atoms. The van der Waals surface area contributed by atoms with E-state index in [-0.39, 0.29) is 11.6 Å². The third kappa shape index (κ3) is 7.14. The third-order valence-electron chi connectivity index (χ3n) is 3.25. The Kier molecular flexibility index (Phi) is 7.29. The zero-order valence-corrected chi connectivity index (χ0v) is 13.8. The van der Waals surface area contributed by atoms with E-state index >= 15 is 0 Å². The summed E-state index contributed by atoms with van der Waals surface area (Å²) in [6.07, 6.45) is 3.51. The van der Waals surface area contributed by atoms with E-state index in [0.29, 0.717) is 12.2 Å². The van der Waals surface area contributed by atoms with Crippen molar-refractivity contribution in [1.29, 1.82) is 0 Å². The van der Waals surface area contributed by atoms with Crippen molar-refractivity contribution < 1.29 is 4.79 Å². The van der Waals surface area contributed by atoms with Crippen LogP contribution < -0.4 is 5.32 Å². The van der Waals surface area contributed by atoms with Crippen LogP contribution >= 0.6 is 0 Å². The van der Waals surface area contributed by atoms with Gasteiger partial charge in [0.25, 0.3) is 0 Å². The molecule has 0 heterocycles. The van der Waals surface area contributed by atoms with Gasteiger partial charge in [-0.05, 0) is 46.4 Å². The molecular formula is C16H29N3O. The first-order valence-corrected chi connectivity index (χ1v) is 6.81. The van der Waals surface area contributed by atoms with Crippen molar-refractivity contribution >= 4 is 6.03 Å². The maximum absolute atomic E-state index is 12.0. The summed E-state index contributed by atoms with van der Waals surface area (Å²) >= 11 is 0. The van der Waals surface area contributed by atoms with Crippen LogP contribution in [-0.4, -0.2) is 48.6 Å². The van der Waals surface area contributed by atoms with Gasteiger partial charge in [0.05, 0.1) is 0 Å². The number of nitrogens with one attached hydrogen (secondary N) is 1. The first-order valence-electron chi connectivity index (χ1n) is 6.81. The lowest BCUT2D eigenvalue weighted by molar-refractivity contribution is 0.155. The molecular weight excluding hydrogens is 250 g/mol. The fourth-order valence-electron chi connectivity index (χ4n) is 1.34. The van der Waals surface area contributed by atoms with E-state index in [1.807, 2.05) is 6.92 Å². The molecule has 4 heteroatoms. The molecule has 0 aromatic rings.